The van der Waals surface area contributed by atoms with Crippen LogP contribution in [-0.2, 0) is 22.5 Å². The van der Waals surface area contributed by atoms with Gasteiger partial charge in [-0.2, -0.15) is 0 Å². The number of aryl methyl sites for hydroxylation is 1. The van der Waals surface area contributed by atoms with Gasteiger partial charge in [-0.15, -0.1) is 11.3 Å². The summed E-state index contributed by atoms with van der Waals surface area (Å²) in [5, 5.41) is 4.07. The number of rotatable bonds is 6. The number of morpholine rings is 1. The van der Waals surface area contributed by atoms with Gasteiger partial charge in [0, 0.05) is 41.4 Å². The molecule has 1 N–H and O–H groups in total. The molecule has 2 aliphatic rings. The Balaban J connectivity index is 1.51. The highest BCUT2D eigenvalue weighted by atomic mass is 35.5. The largest absolute Gasteiger partial charge is 0.369 e. The van der Waals surface area contributed by atoms with E-state index < -0.39 is 12.5 Å². The minimum Gasteiger partial charge on any atom is -0.369 e. The number of benzene rings is 1. The SMILES string of the molecule is Cc1cc(Cl)cc(-c2ncnc3cc(CN4C(=O)CC[C@@H]4C(F)F)sc23)c1C[C@@H]1CNCC(C)(C)O1. The fourth-order valence-electron chi connectivity index (χ4n) is 5.23. The van der Waals surface area contributed by atoms with Crippen LogP contribution >= 0.6 is 22.9 Å². The molecule has 0 unspecified atom stereocenters. The van der Waals surface area contributed by atoms with Crippen LogP contribution in [0.25, 0.3) is 21.5 Å². The fraction of sp³-hybridized carbons (Fsp3) is 0.500. The van der Waals surface area contributed by atoms with Crippen molar-refractivity contribution < 1.29 is 18.3 Å². The molecule has 2 aliphatic heterocycles. The topological polar surface area (TPSA) is 67.4 Å². The first-order valence-corrected chi connectivity index (χ1v) is 13.3. The average Bonchev–Trinajstić information content (AvgIpc) is 3.38. The maximum Gasteiger partial charge on any atom is 0.258 e. The Morgan fingerprint density at radius 1 is 1.31 bits per heavy atom. The van der Waals surface area contributed by atoms with Gasteiger partial charge in [0.05, 0.1) is 40.2 Å². The predicted molar refractivity (Wildman–Crippen MR) is 138 cm³/mol. The van der Waals surface area contributed by atoms with Crippen LogP contribution in [0.15, 0.2) is 24.5 Å². The molecule has 0 radical (unpaired) electrons. The van der Waals surface area contributed by atoms with Crippen molar-refractivity contribution in [2.24, 2.45) is 0 Å². The number of aromatic nitrogens is 2. The van der Waals surface area contributed by atoms with Crippen LogP contribution in [0.5, 0.6) is 0 Å². The number of carbonyl (C=O) groups is 1. The van der Waals surface area contributed by atoms with E-state index in [-0.39, 0.29) is 37.0 Å². The van der Waals surface area contributed by atoms with E-state index in [0.29, 0.717) is 11.4 Å². The number of amides is 1. The molecule has 2 fully saturated rings. The van der Waals surface area contributed by atoms with Gasteiger partial charge < -0.3 is 15.0 Å². The standard InChI is InChI=1S/C26H29ClF2N4O2S/c1-14-6-15(27)7-19(18(14)8-16-10-30-12-26(2,3)35-16)23-24-20(31-13-32-23)9-17(36-24)11-33-21(25(28)29)4-5-22(33)34/h6-7,9,13,16,21,25,30H,4-5,8,10-12H2,1-3H3/t16-,21-/m1/s1. The van der Waals surface area contributed by atoms with Gasteiger partial charge in [0.15, 0.2) is 0 Å². The number of thiophene rings is 1. The highest BCUT2D eigenvalue weighted by molar-refractivity contribution is 7.19. The van der Waals surface area contributed by atoms with Gasteiger partial charge in [-0.1, -0.05) is 11.6 Å². The Hall–Kier alpha value is -2.20. The van der Waals surface area contributed by atoms with E-state index in [1.165, 1.54) is 22.6 Å². The fourth-order valence-corrected chi connectivity index (χ4v) is 6.61. The van der Waals surface area contributed by atoms with Crippen molar-refractivity contribution in [2.75, 3.05) is 13.1 Å². The van der Waals surface area contributed by atoms with Gasteiger partial charge in [-0.3, -0.25) is 4.79 Å². The quantitative estimate of drug-likeness (QED) is 0.459. The summed E-state index contributed by atoms with van der Waals surface area (Å²) in [5.74, 6) is -0.235. The monoisotopic (exact) mass is 534 g/mol. The van der Waals surface area contributed by atoms with Crippen molar-refractivity contribution in [3.8, 4) is 11.3 Å². The van der Waals surface area contributed by atoms with E-state index in [1.807, 2.05) is 25.1 Å². The Labute approximate surface area is 218 Å². The summed E-state index contributed by atoms with van der Waals surface area (Å²) in [6.45, 7) is 7.88. The summed E-state index contributed by atoms with van der Waals surface area (Å²) in [6.07, 6.45) is -0.0106. The number of hydrogen-bond acceptors (Lipinski definition) is 6. The summed E-state index contributed by atoms with van der Waals surface area (Å²) in [7, 11) is 0. The van der Waals surface area contributed by atoms with Crippen LogP contribution in [0, 0.1) is 6.92 Å². The lowest BCUT2D eigenvalue weighted by molar-refractivity contribution is -0.131. The van der Waals surface area contributed by atoms with Gasteiger partial charge in [0.2, 0.25) is 5.91 Å². The van der Waals surface area contributed by atoms with Crippen molar-refractivity contribution >= 4 is 39.1 Å². The van der Waals surface area contributed by atoms with E-state index in [2.05, 4.69) is 29.1 Å². The van der Waals surface area contributed by atoms with Crippen molar-refractivity contribution in [1.29, 1.82) is 0 Å². The predicted octanol–water partition coefficient (Wildman–Crippen LogP) is 5.39. The van der Waals surface area contributed by atoms with Crippen LogP contribution in [0.1, 0.15) is 42.7 Å². The van der Waals surface area contributed by atoms with Crippen molar-refractivity contribution in [3.63, 3.8) is 0 Å². The number of likely N-dealkylation sites (tertiary alicyclic amines) is 1. The lowest BCUT2D eigenvalue weighted by Gasteiger charge is -2.37. The van der Waals surface area contributed by atoms with Gasteiger partial charge in [-0.25, -0.2) is 18.7 Å². The summed E-state index contributed by atoms with van der Waals surface area (Å²) < 4.78 is 34.1. The molecule has 192 valence electrons. The number of ether oxygens (including phenoxy) is 1. The van der Waals surface area contributed by atoms with Gasteiger partial charge in [0.1, 0.15) is 6.33 Å². The molecular weight excluding hydrogens is 506 g/mol. The van der Waals surface area contributed by atoms with Gasteiger partial charge in [0.25, 0.3) is 6.43 Å². The Morgan fingerprint density at radius 2 is 2.11 bits per heavy atom. The zero-order valence-corrected chi connectivity index (χ0v) is 22.1. The summed E-state index contributed by atoms with van der Waals surface area (Å²) in [4.78, 5) is 23.4. The first kappa shape index (κ1) is 25.4. The molecule has 2 atom stereocenters. The van der Waals surface area contributed by atoms with Crippen LogP contribution < -0.4 is 5.32 Å². The second-order valence-electron chi connectivity index (χ2n) is 10.2. The zero-order chi connectivity index (χ0) is 25.6. The van der Waals surface area contributed by atoms with E-state index >= 15 is 0 Å². The molecule has 36 heavy (non-hydrogen) atoms. The van der Waals surface area contributed by atoms with E-state index in [1.54, 1.807) is 0 Å². The van der Waals surface area contributed by atoms with Gasteiger partial charge in [-0.05, 0) is 56.5 Å². The van der Waals surface area contributed by atoms with E-state index in [9.17, 15) is 13.6 Å². The number of nitrogens with zero attached hydrogens (tertiary/aromatic N) is 3. The molecule has 2 saturated heterocycles. The maximum absolute atomic E-state index is 13.5. The van der Waals surface area contributed by atoms with Gasteiger partial charge >= 0.3 is 0 Å². The summed E-state index contributed by atoms with van der Waals surface area (Å²) >= 11 is 7.93. The van der Waals surface area contributed by atoms with Crippen LogP contribution in [0.4, 0.5) is 8.78 Å². The molecule has 1 amide bonds. The first-order chi connectivity index (χ1) is 17.1. The molecule has 0 bridgehead atoms. The normalized spacial score (nSPS) is 22.2. The van der Waals surface area contributed by atoms with Crippen LogP contribution in [0.3, 0.4) is 0 Å². The zero-order valence-electron chi connectivity index (χ0n) is 20.5. The summed E-state index contributed by atoms with van der Waals surface area (Å²) in [5.41, 5.74) is 4.29. The number of nitrogens with one attached hydrogen (secondary N) is 1. The second kappa shape index (κ2) is 9.93. The number of hydrogen-bond donors (Lipinski definition) is 1. The first-order valence-electron chi connectivity index (χ1n) is 12.1. The minimum absolute atomic E-state index is 0.00365. The molecule has 4 heterocycles. The lowest BCUT2D eigenvalue weighted by Crippen LogP contribution is -2.51. The highest BCUT2D eigenvalue weighted by Crippen LogP contribution is 2.38. The average molecular weight is 535 g/mol. The smallest absolute Gasteiger partial charge is 0.258 e. The highest BCUT2D eigenvalue weighted by Gasteiger charge is 2.37. The molecule has 0 saturated carbocycles. The third-order valence-electron chi connectivity index (χ3n) is 6.89. The Bertz CT molecular complexity index is 1300. The molecule has 0 aliphatic carbocycles. The van der Waals surface area contributed by atoms with Crippen LogP contribution in [0.2, 0.25) is 5.02 Å². The third kappa shape index (κ3) is 5.11. The van der Waals surface area contributed by atoms with Crippen molar-refractivity contribution in [1.82, 2.24) is 20.2 Å². The maximum atomic E-state index is 13.5. The molecule has 6 nitrogen and oxygen atoms in total. The molecule has 1 aromatic carbocycles. The Kier molecular flexibility index (Phi) is 7.02. The molecule has 5 rings (SSSR count). The molecule has 10 heteroatoms. The minimum atomic E-state index is -2.56. The van der Waals surface area contributed by atoms with E-state index in [0.717, 1.165) is 50.6 Å². The number of halogens is 3. The van der Waals surface area contributed by atoms with Crippen molar-refractivity contribution in [3.05, 3.63) is 45.6 Å². The summed E-state index contributed by atoms with van der Waals surface area (Å²) in [6, 6.07) is 4.70. The van der Waals surface area contributed by atoms with Crippen LogP contribution in [-0.4, -0.2) is 58.0 Å². The number of carbonyl (C=O) groups excluding carboxylic acids is 1. The van der Waals surface area contributed by atoms with E-state index in [4.69, 9.17) is 16.3 Å². The lowest BCUT2D eigenvalue weighted by atomic mass is 9.93. The number of alkyl halides is 2. The number of fused-ring (bicyclic) bond motifs is 1. The molecule has 3 aromatic rings. The second-order valence-corrected chi connectivity index (χ2v) is 11.8. The molecule has 0 spiro atoms. The Morgan fingerprint density at radius 3 is 2.86 bits per heavy atom. The van der Waals surface area contributed by atoms with Crippen molar-refractivity contribution in [2.45, 2.75) is 70.8 Å². The molecular formula is C26H29ClF2N4O2S. The molecule has 2 aromatic heterocycles. The third-order valence-corrected chi connectivity index (χ3v) is 8.22.